The predicted molar refractivity (Wildman–Crippen MR) is 170 cm³/mol. The summed E-state index contributed by atoms with van der Waals surface area (Å²) < 4.78 is 0. The van der Waals surface area contributed by atoms with Gasteiger partial charge in [0.1, 0.15) is 11.5 Å². The van der Waals surface area contributed by atoms with Crippen molar-refractivity contribution in [3.05, 3.63) is 167 Å². The Morgan fingerprint density at radius 3 is 0.745 bits per heavy atom. The third-order valence-corrected chi connectivity index (χ3v) is 5.27. The van der Waals surface area contributed by atoms with Crippen molar-refractivity contribution in [3.8, 4) is 11.5 Å². The molecule has 12 nitrogen and oxygen atoms in total. The Morgan fingerprint density at radius 2 is 0.532 bits per heavy atom. The van der Waals surface area contributed by atoms with E-state index in [0.717, 1.165) is 6.07 Å². The lowest BCUT2D eigenvalue weighted by Crippen LogP contribution is -2.01. The molecule has 5 aromatic carbocycles. The van der Waals surface area contributed by atoms with Crippen molar-refractivity contribution in [2.45, 2.75) is 0 Å². The van der Waals surface area contributed by atoms with Crippen LogP contribution in [0.4, 0.5) is 0 Å². The lowest BCUT2D eigenvalue weighted by Gasteiger charge is -1.95. The average Bonchev–Trinajstić information content (AvgIpc) is 3.07. The van der Waals surface area contributed by atoms with Crippen LogP contribution in [0.3, 0.4) is 0 Å². The number of carboxylic acid groups (broad SMARTS) is 5. The maximum Gasteiger partial charge on any atom is 0.335 e. The molecule has 0 bridgehead atoms. The predicted octanol–water partition coefficient (Wildman–Crippen LogP) is 6.34. The summed E-state index contributed by atoms with van der Waals surface area (Å²) in [6.45, 7) is 0. The van der Waals surface area contributed by atoms with Crippen LogP contribution < -0.4 is 0 Å². The van der Waals surface area contributed by atoms with E-state index in [1.165, 1.54) is 42.5 Å². The summed E-state index contributed by atoms with van der Waals surface area (Å²) in [5, 5.41) is 59.6. The van der Waals surface area contributed by atoms with Crippen LogP contribution in [-0.2, 0) is 0 Å². The van der Waals surface area contributed by atoms with E-state index in [1.54, 1.807) is 78.9 Å². The smallest absolute Gasteiger partial charge is 0.335 e. The maximum absolute atomic E-state index is 10.4. The van der Waals surface area contributed by atoms with Crippen LogP contribution in [0.15, 0.2) is 140 Å². The highest BCUT2D eigenvalue weighted by atomic mass is 16.4. The van der Waals surface area contributed by atoms with Gasteiger partial charge in [-0.3, -0.25) is 0 Å². The second kappa shape index (κ2) is 20.9. The highest BCUT2D eigenvalue weighted by Crippen LogP contribution is 2.06. The van der Waals surface area contributed by atoms with Crippen molar-refractivity contribution >= 4 is 29.8 Å². The van der Waals surface area contributed by atoms with E-state index < -0.39 is 29.8 Å². The van der Waals surface area contributed by atoms with Crippen molar-refractivity contribution in [1.82, 2.24) is 0 Å². The molecule has 0 atom stereocenters. The Morgan fingerprint density at radius 1 is 0.298 bits per heavy atom. The second-order valence-corrected chi connectivity index (χ2v) is 8.72. The summed E-state index contributed by atoms with van der Waals surface area (Å²) in [7, 11) is 0. The van der Waals surface area contributed by atoms with Gasteiger partial charge in [-0.2, -0.15) is 0 Å². The summed E-state index contributed by atoms with van der Waals surface area (Å²) >= 11 is 0. The number of benzene rings is 5. The first kappa shape index (κ1) is 38.1. The van der Waals surface area contributed by atoms with Gasteiger partial charge in [0.2, 0.25) is 0 Å². The molecule has 0 aliphatic heterocycles. The molecule has 7 N–H and O–H groups in total. The van der Waals surface area contributed by atoms with E-state index >= 15 is 0 Å². The maximum atomic E-state index is 10.4. The Hall–Kier alpha value is -6.95. The van der Waals surface area contributed by atoms with Crippen LogP contribution in [-0.4, -0.2) is 65.6 Å². The fraction of sp³-hybridized carbons (Fsp3) is 0. The Bertz CT molecular complexity index is 1610. The number of para-hydroxylation sites is 2. The largest absolute Gasteiger partial charge is 0.508 e. The van der Waals surface area contributed by atoms with Crippen LogP contribution in [0, 0.1) is 0 Å². The van der Waals surface area contributed by atoms with Crippen molar-refractivity contribution in [2.75, 3.05) is 0 Å². The SMILES string of the molecule is O=C(O)c1ccc(C(=O)O)cc1.O=C(O)c1cccc(C(=O)O)c1.O=C(O)c1ccccc1.Oc1ccccc1.Oc1ccccc1. The number of rotatable bonds is 5. The van der Waals surface area contributed by atoms with E-state index in [1.807, 2.05) is 12.1 Å². The van der Waals surface area contributed by atoms with Gasteiger partial charge in [0.15, 0.2) is 0 Å². The molecule has 242 valence electrons. The van der Waals surface area contributed by atoms with Crippen LogP contribution in [0.1, 0.15) is 51.8 Å². The van der Waals surface area contributed by atoms with E-state index in [0.29, 0.717) is 17.1 Å². The zero-order chi connectivity index (χ0) is 35.2. The fourth-order valence-electron chi connectivity index (χ4n) is 2.98. The van der Waals surface area contributed by atoms with Gasteiger partial charge in [-0.15, -0.1) is 0 Å². The zero-order valence-electron chi connectivity index (χ0n) is 24.5. The average molecular weight is 643 g/mol. The molecule has 5 rings (SSSR count). The molecule has 0 saturated carbocycles. The molecule has 12 heteroatoms. The van der Waals surface area contributed by atoms with Crippen molar-refractivity contribution in [1.29, 1.82) is 0 Å². The third-order valence-electron chi connectivity index (χ3n) is 5.27. The van der Waals surface area contributed by atoms with Crippen molar-refractivity contribution < 1.29 is 59.7 Å². The number of hydrogen-bond acceptors (Lipinski definition) is 7. The zero-order valence-corrected chi connectivity index (χ0v) is 24.5. The second-order valence-electron chi connectivity index (χ2n) is 8.72. The number of hydrogen-bond donors (Lipinski definition) is 7. The molecule has 47 heavy (non-hydrogen) atoms. The Labute approximate surface area is 268 Å². The lowest BCUT2D eigenvalue weighted by atomic mass is 10.1. The molecule has 0 spiro atoms. The first-order valence-electron chi connectivity index (χ1n) is 13.2. The van der Waals surface area contributed by atoms with E-state index in [9.17, 15) is 24.0 Å². The van der Waals surface area contributed by atoms with Gasteiger partial charge in [-0.1, -0.05) is 60.7 Å². The number of carbonyl (C=O) groups is 5. The van der Waals surface area contributed by atoms with Gasteiger partial charge in [0.05, 0.1) is 27.8 Å². The van der Waals surface area contributed by atoms with Crippen molar-refractivity contribution in [2.24, 2.45) is 0 Å². The van der Waals surface area contributed by atoms with Crippen molar-refractivity contribution in [3.63, 3.8) is 0 Å². The minimum absolute atomic E-state index is 0.0186. The third kappa shape index (κ3) is 16.5. The van der Waals surface area contributed by atoms with Crippen LogP contribution >= 0.6 is 0 Å². The molecule has 0 unspecified atom stereocenters. The molecule has 0 amide bonds. The number of aromatic hydroxyl groups is 2. The summed E-state index contributed by atoms with van der Waals surface area (Å²) in [5.41, 5.74) is 0.460. The quantitative estimate of drug-likeness (QED) is 0.111. The molecule has 0 fully saturated rings. The number of carboxylic acids is 5. The number of phenolic OH excluding ortho intramolecular Hbond substituents is 2. The normalized spacial score (nSPS) is 9.02. The van der Waals surface area contributed by atoms with Crippen LogP contribution in [0.5, 0.6) is 11.5 Å². The molecule has 0 radical (unpaired) electrons. The highest BCUT2D eigenvalue weighted by molar-refractivity contribution is 5.93. The van der Waals surface area contributed by atoms with Crippen LogP contribution in [0.25, 0.3) is 0 Å². The highest BCUT2D eigenvalue weighted by Gasteiger charge is 2.07. The molecule has 0 aliphatic rings. The van der Waals surface area contributed by atoms with E-state index in [4.69, 9.17) is 35.7 Å². The Kier molecular flexibility index (Phi) is 16.9. The molecule has 0 aliphatic carbocycles. The Balaban J connectivity index is 0.000000299. The number of phenols is 2. The van der Waals surface area contributed by atoms with Gasteiger partial charge in [0.25, 0.3) is 0 Å². The lowest BCUT2D eigenvalue weighted by molar-refractivity contribution is 0.0680. The molecule has 0 saturated heterocycles. The summed E-state index contributed by atoms with van der Waals surface area (Å²) in [4.78, 5) is 51.6. The molecule has 0 aromatic heterocycles. The van der Waals surface area contributed by atoms with Gasteiger partial charge in [0, 0.05) is 0 Å². The topological polar surface area (TPSA) is 227 Å². The summed E-state index contributed by atoms with van der Waals surface area (Å²) in [5.74, 6) is -4.62. The first-order chi connectivity index (χ1) is 22.3. The monoisotopic (exact) mass is 642 g/mol. The van der Waals surface area contributed by atoms with Gasteiger partial charge < -0.3 is 35.7 Å². The molecular formula is C35H30O12. The molecule has 0 heterocycles. The minimum Gasteiger partial charge on any atom is -0.508 e. The molecule has 5 aromatic rings. The van der Waals surface area contributed by atoms with Gasteiger partial charge >= 0.3 is 29.8 Å². The van der Waals surface area contributed by atoms with Gasteiger partial charge in [-0.05, 0) is 78.9 Å². The number of aromatic carboxylic acids is 5. The summed E-state index contributed by atoms with van der Waals surface area (Å²) in [6.07, 6.45) is 0. The molecular weight excluding hydrogens is 612 g/mol. The van der Waals surface area contributed by atoms with E-state index in [-0.39, 0.29) is 22.3 Å². The summed E-state index contributed by atoms with van der Waals surface area (Å²) in [6, 6.07) is 35.9. The first-order valence-corrected chi connectivity index (χ1v) is 13.2. The van der Waals surface area contributed by atoms with Gasteiger partial charge in [-0.25, -0.2) is 24.0 Å². The fourth-order valence-corrected chi connectivity index (χ4v) is 2.98. The standard InChI is InChI=1S/2C8H6O4.C7H6O2.2C6H6O/c9-7(10)5-1-2-6(4-3-5)8(11)12;9-7(10)5-2-1-3-6(4-5)8(11)12;8-7(9)6-4-2-1-3-5-6;2*7-6-4-2-1-3-5-6/h2*1-4H,(H,9,10)(H,11,12);1-5H,(H,8,9);2*1-5,7H. The minimum atomic E-state index is -1.13. The van der Waals surface area contributed by atoms with Crippen LogP contribution in [0.2, 0.25) is 0 Å². The van der Waals surface area contributed by atoms with E-state index in [2.05, 4.69) is 0 Å².